The molecule has 2 aromatic rings. The highest BCUT2D eigenvalue weighted by Gasteiger charge is 2.60. The minimum absolute atomic E-state index is 0. The topological polar surface area (TPSA) is 35.6 Å². The zero-order chi connectivity index (χ0) is 17.2. The van der Waals surface area contributed by atoms with Gasteiger partial charge in [-0.2, -0.15) is 0 Å². The van der Waals surface area contributed by atoms with E-state index in [-0.39, 0.29) is 18.3 Å². The number of carbonyl (C=O) groups excluding carboxylic acids is 1. The molecule has 1 saturated carbocycles. The molecule has 0 radical (unpaired) electrons. The maximum Gasteiger partial charge on any atom is 0.261 e. The number of fused-ring (bicyclic) bond motifs is 3. The van der Waals surface area contributed by atoms with Gasteiger partial charge in [0, 0.05) is 19.6 Å². The third kappa shape index (κ3) is 2.63. The summed E-state index contributed by atoms with van der Waals surface area (Å²) in [5, 5.41) is 4.61. The Balaban J connectivity index is 0.00000168. The molecule has 3 saturated heterocycles. The first-order valence-electron chi connectivity index (χ1n) is 9.34. The first-order chi connectivity index (χ1) is 12.1. The summed E-state index contributed by atoms with van der Waals surface area (Å²) >= 11 is 1.62. The quantitative estimate of drug-likeness (QED) is 0.865. The van der Waals surface area contributed by atoms with Gasteiger partial charge in [-0.1, -0.05) is 12.1 Å². The van der Waals surface area contributed by atoms with Crippen molar-refractivity contribution in [2.45, 2.75) is 37.3 Å². The Morgan fingerprint density at radius 2 is 2.00 bits per heavy atom. The van der Waals surface area contributed by atoms with Crippen LogP contribution in [-0.4, -0.2) is 49.6 Å². The van der Waals surface area contributed by atoms with Gasteiger partial charge in [0.25, 0.3) is 5.91 Å². The van der Waals surface area contributed by atoms with Crippen LogP contribution in [0.1, 0.15) is 35.4 Å². The van der Waals surface area contributed by atoms with Crippen molar-refractivity contribution in [1.82, 2.24) is 10.2 Å². The SMILES string of the molecule is CN(C)c1cccc2cc(C(=O)N[C@@H]3C4CCN(CC4)C34CC4)sc12.Cl. The molecule has 3 aliphatic heterocycles. The van der Waals surface area contributed by atoms with Crippen LogP contribution in [0.3, 0.4) is 0 Å². The second-order valence-electron chi connectivity index (χ2n) is 8.08. The molecule has 0 unspecified atom stereocenters. The molecular weight excluding hydrogens is 366 g/mol. The zero-order valence-electron chi connectivity index (χ0n) is 15.3. The van der Waals surface area contributed by atoms with Gasteiger partial charge in [-0.3, -0.25) is 9.69 Å². The van der Waals surface area contributed by atoms with Crippen molar-refractivity contribution in [2.75, 3.05) is 32.1 Å². The number of hydrogen-bond acceptors (Lipinski definition) is 4. The fourth-order valence-corrected chi connectivity index (χ4v) is 6.20. The fourth-order valence-electron chi connectivity index (χ4n) is 5.05. The summed E-state index contributed by atoms with van der Waals surface area (Å²) in [7, 11) is 4.11. The third-order valence-electron chi connectivity index (χ3n) is 6.50. The molecule has 1 aromatic heterocycles. The number of rotatable bonds is 3. The highest BCUT2D eigenvalue weighted by molar-refractivity contribution is 7.21. The van der Waals surface area contributed by atoms with Crippen LogP contribution >= 0.6 is 23.7 Å². The molecule has 4 nitrogen and oxygen atoms in total. The zero-order valence-corrected chi connectivity index (χ0v) is 17.0. The van der Waals surface area contributed by atoms with E-state index < -0.39 is 0 Å². The van der Waals surface area contributed by atoms with Crippen molar-refractivity contribution in [3.63, 3.8) is 0 Å². The maximum absolute atomic E-state index is 13.0. The van der Waals surface area contributed by atoms with Crippen LogP contribution in [0.4, 0.5) is 5.69 Å². The molecule has 4 fully saturated rings. The molecule has 6 heteroatoms. The number of anilines is 1. The van der Waals surface area contributed by atoms with E-state index in [9.17, 15) is 4.79 Å². The number of thiophene rings is 1. The fraction of sp³-hybridized carbons (Fsp3) is 0.550. The van der Waals surface area contributed by atoms with Crippen molar-refractivity contribution < 1.29 is 4.79 Å². The molecule has 6 rings (SSSR count). The number of nitrogens with one attached hydrogen (secondary N) is 1. The summed E-state index contributed by atoms with van der Waals surface area (Å²) in [5.74, 6) is 0.791. The molecule has 1 N–H and O–H groups in total. The van der Waals surface area contributed by atoms with E-state index in [1.807, 2.05) is 0 Å². The Hall–Kier alpha value is -1.30. The minimum atomic E-state index is 0. The molecule has 1 aliphatic carbocycles. The normalized spacial score (nSPS) is 28.0. The van der Waals surface area contributed by atoms with Crippen LogP contribution in [0.5, 0.6) is 0 Å². The van der Waals surface area contributed by atoms with Crippen LogP contribution in [0.15, 0.2) is 24.3 Å². The summed E-state index contributed by atoms with van der Waals surface area (Å²) in [6, 6.07) is 8.70. The van der Waals surface area contributed by atoms with Gasteiger partial charge in [-0.05, 0) is 62.2 Å². The molecule has 4 aliphatic rings. The second kappa shape index (κ2) is 6.39. The first kappa shape index (κ1) is 18.1. The van der Waals surface area contributed by atoms with Crippen LogP contribution in [0.25, 0.3) is 10.1 Å². The highest BCUT2D eigenvalue weighted by atomic mass is 35.5. The average molecular weight is 392 g/mol. The number of benzene rings is 1. The monoisotopic (exact) mass is 391 g/mol. The first-order valence-corrected chi connectivity index (χ1v) is 10.2. The summed E-state index contributed by atoms with van der Waals surface area (Å²) in [5.41, 5.74) is 1.48. The lowest BCUT2D eigenvalue weighted by Crippen LogP contribution is -2.65. The molecule has 1 aromatic carbocycles. The largest absolute Gasteiger partial charge is 0.377 e. The minimum Gasteiger partial charge on any atom is -0.377 e. The summed E-state index contributed by atoms with van der Waals surface area (Å²) in [4.78, 5) is 18.6. The Bertz CT molecular complexity index is 837. The number of amides is 1. The Morgan fingerprint density at radius 3 is 2.65 bits per heavy atom. The van der Waals surface area contributed by atoms with Crippen LogP contribution in [-0.2, 0) is 0 Å². The summed E-state index contributed by atoms with van der Waals surface area (Å²) < 4.78 is 1.20. The highest BCUT2D eigenvalue weighted by Crippen LogP contribution is 2.53. The van der Waals surface area contributed by atoms with E-state index in [2.05, 4.69) is 53.5 Å². The van der Waals surface area contributed by atoms with Crippen LogP contribution < -0.4 is 10.2 Å². The number of piperidine rings is 3. The Kier molecular flexibility index (Phi) is 4.45. The molecule has 1 spiro atoms. The second-order valence-corrected chi connectivity index (χ2v) is 9.13. The lowest BCUT2D eigenvalue weighted by molar-refractivity contribution is -0.00138. The average Bonchev–Trinajstić information content (AvgIpc) is 3.26. The molecule has 1 amide bonds. The van der Waals surface area contributed by atoms with Crippen LogP contribution in [0.2, 0.25) is 0 Å². The summed E-state index contributed by atoms with van der Waals surface area (Å²) in [6.45, 7) is 2.46. The third-order valence-corrected chi connectivity index (χ3v) is 7.67. The molecule has 4 heterocycles. The van der Waals surface area contributed by atoms with Crippen molar-refractivity contribution in [2.24, 2.45) is 5.92 Å². The van der Waals surface area contributed by atoms with E-state index in [4.69, 9.17) is 0 Å². The molecular formula is C20H26ClN3OS. The number of halogens is 1. The van der Waals surface area contributed by atoms with E-state index in [0.29, 0.717) is 17.5 Å². The van der Waals surface area contributed by atoms with E-state index in [0.717, 1.165) is 10.3 Å². The van der Waals surface area contributed by atoms with Crippen LogP contribution in [0, 0.1) is 5.92 Å². The van der Waals surface area contributed by atoms with Crippen molar-refractivity contribution >= 4 is 45.4 Å². The van der Waals surface area contributed by atoms with Gasteiger partial charge < -0.3 is 10.2 Å². The van der Waals surface area contributed by atoms with E-state index >= 15 is 0 Å². The number of hydrogen-bond donors (Lipinski definition) is 1. The standard InChI is InChI=1S/C20H25N3OS.ClH/c1-22(2)15-5-3-4-14-12-16(25-17(14)15)19(24)21-18-13-6-10-23(11-7-13)20(18)8-9-20;/h3-5,12-13,18H,6-11H2,1-2H3,(H,21,24);1H/t18-;/m1./s1. The molecule has 1 atom stereocenters. The van der Waals surface area contributed by atoms with Gasteiger partial charge in [0.2, 0.25) is 0 Å². The van der Waals surface area contributed by atoms with Crippen molar-refractivity contribution in [1.29, 1.82) is 0 Å². The maximum atomic E-state index is 13.0. The van der Waals surface area contributed by atoms with Gasteiger partial charge in [-0.15, -0.1) is 23.7 Å². The van der Waals surface area contributed by atoms with E-state index in [1.54, 1.807) is 11.3 Å². The van der Waals surface area contributed by atoms with Gasteiger partial charge in [0.15, 0.2) is 0 Å². The van der Waals surface area contributed by atoms with Gasteiger partial charge in [0.1, 0.15) is 0 Å². The molecule has 140 valence electrons. The lowest BCUT2D eigenvalue weighted by Gasteiger charge is -2.52. The van der Waals surface area contributed by atoms with Gasteiger partial charge in [-0.25, -0.2) is 0 Å². The Labute approximate surface area is 164 Å². The predicted octanol–water partition coefficient (Wildman–Crippen LogP) is 3.75. The molecule has 2 bridgehead atoms. The number of carbonyl (C=O) groups is 1. The number of nitrogens with zero attached hydrogens (tertiary/aromatic N) is 2. The van der Waals surface area contributed by atoms with Gasteiger partial charge >= 0.3 is 0 Å². The Morgan fingerprint density at radius 1 is 1.27 bits per heavy atom. The van der Waals surface area contributed by atoms with Gasteiger partial charge in [0.05, 0.1) is 21.3 Å². The van der Waals surface area contributed by atoms with Crippen molar-refractivity contribution in [3.8, 4) is 0 Å². The van der Waals surface area contributed by atoms with E-state index in [1.165, 1.54) is 49.2 Å². The molecule has 26 heavy (non-hydrogen) atoms. The predicted molar refractivity (Wildman–Crippen MR) is 111 cm³/mol. The summed E-state index contributed by atoms with van der Waals surface area (Å²) in [6.07, 6.45) is 4.99. The van der Waals surface area contributed by atoms with Crippen molar-refractivity contribution in [3.05, 3.63) is 29.1 Å². The smallest absolute Gasteiger partial charge is 0.261 e. The lowest BCUT2D eigenvalue weighted by atomic mass is 9.77.